The highest BCUT2D eigenvalue weighted by Crippen LogP contribution is 2.44. The molecule has 4 heteroatoms. The largest absolute Gasteiger partial charge is 0.497 e. The number of carbonyl (C=O) groups is 1. The van der Waals surface area contributed by atoms with Crippen LogP contribution in [-0.2, 0) is 4.79 Å². The summed E-state index contributed by atoms with van der Waals surface area (Å²) in [7, 11) is 1.49. The van der Waals surface area contributed by atoms with Crippen molar-refractivity contribution in [2.45, 2.75) is 39.0 Å². The Hall–Kier alpha value is -1.58. The molecular weight excluding hydrogens is 271 g/mol. The highest BCUT2D eigenvalue weighted by Gasteiger charge is 2.38. The minimum Gasteiger partial charge on any atom is -0.497 e. The summed E-state index contributed by atoms with van der Waals surface area (Å²) in [5, 5.41) is 9.44. The molecule has 3 unspecified atom stereocenters. The van der Waals surface area contributed by atoms with Crippen molar-refractivity contribution in [1.82, 2.24) is 0 Å². The van der Waals surface area contributed by atoms with E-state index in [4.69, 9.17) is 4.74 Å². The summed E-state index contributed by atoms with van der Waals surface area (Å²) in [6.07, 6.45) is 2.26. The van der Waals surface area contributed by atoms with Crippen LogP contribution in [0.2, 0.25) is 0 Å². The number of carboxylic acid groups (broad SMARTS) is 1. The van der Waals surface area contributed by atoms with Crippen molar-refractivity contribution in [2.75, 3.05) is 7.11 Å². The molecule has 1 fully saturated rings. The predicted molar refractivity (Wildman–Crippen MR) is 79.0 cm³/mol. The van der Waals surface area contributed by atoms with Gasteiger partial charge >= 0.3 is 5.97 Å². The molecule has 21 heavy (non-hydrogen) atoms. The third-order valence-electron chi connectivity index (χ3n) is 4.76. The fourth-order valence-electron chi connectivity index (χ4n) is 3.38. The molecule has 2 rings (SSSR count). The number of benzene rings is 1. The molecule has 0 amide bonds. The summed E-state index contributed by atoms with van der Waals surface area (Å²) >= 11 is 0. The van der Waals surface area contributed by atoms with Crippen LogP contribution in [0.4, 0.5) is 4.39 Å². The van der Waals surface area contributed by atoms with Crippen molar-refractivity contribution in [3.8, 4) is 5.75 Å². The van der Waals surface area contributed by atoms with Crippen LogP contribution < -0.4 is 4.74 Å². The predicted octanol–water partition coefficient (Wildman–Crippen LogP) is 4.07. The molecule has 0 aliphatic heterocycles. The topological polar surface area (TPSA) is 46.5 Å². The molecule has 1 N–H and O–H groups in total. The van der Waals surface area contributed by atoms with E-state index in [1.165, 1.54) is 13.2 Å². The lowest BCUT2D eigenvalue weighted by Crippen LogP contribution is -2.31. The van der Waals surface area contributed by atoms with E-state index < -0.39 is 11.9 Å². The number of methoxy groups -OCH3 is 1. The van der Waals surface area contributed by atoms with Crippen molar-refractivity contribution < 1.29 is 19.0 Å². The van der Waals surface area contributed by atoms with Crippen LogP contribution in [0.15, 0.2) is 18.2 Å². The van der Waals surface area contributed by atoms with Crippen molar-refractivity contribution in [3.05, 3.63) is 29.6 Å². The Labute approximate surface area is 125 Å². The van der Waals surface area contributed by atoms with Gasteiger partial charge in [-0.25, -0.2) is 4.39 Å². The average Bonchev–Trinajstić information content (AvgIpc) is 2.46. The summed E-state index contributed by atoms with van der Waals surface area (Å²) in [6.45, 7) is 4.29. The van der Waals surface area contributed by atoms with Gasteiger partial charge in [-0.3, -0.25) is 4.79 Å². The second-order valence-corrected chi connectivity index (χ2v) is 6.26. The molecule has 1 aliphatic rings. The van der Waals surface area contributed by atoms with E-state index in [1.54, 1.807) is 12.1 Å². The standard InChI is InChI=1S/C17H23FO3/c1-10(2)11-4-6-14(17(19)20)15(8-11)13-7-5-12(21-3)9-16(13)18/h5,7,9-11,14-15H,4,6,8H2,1-3H3,(H,19,20). The Morgan fingerprint density at radius 2 is 2.10 bits per heavy atom. The molecule has 1 saturated carbocycles. The lowest BCUT2D eigenvalue weighted by atomic mass is 9.68. The van der Waals surface area contributed by atoms with Gasteiger partial charge in [-0.1, -0.05) is 19.9 Å². The smallest absolute Gasteiger partial charge is 0.307 e. The second kappa shape index (κ2) is 6.46. The zero-order chi connectivity index (χ0) is 15.6. The van der Waals surface area contributed by atoms with Gasteiger partial charge < -0.3 is 9.84 Å². The number of hydrogen-bond donors (Lipinski definition) is 1. The van der Waals surface area contributed by atoms with Gasteiger partial charge in [0.1, 0.15) is 11.6 Å². The first kappa shape index (κ1) is 15.8. The van der Waals surface area contributed by atoms with Crippen molar-refractivity contribution in [2.24, 2.45) is 17.8 Å². The monoisotopic (exact) mass is 294 g/mol. The molecule has 0 spiro atoms. The van der Waals surface area contributed by atoms with Crippen LogP contribution in [0.5, 0.6) is 5.75 Å². The second-order valence-electron chi connectivity index (χ2n) is 6.26. The van der Waals surface area contributed by atoms with Gasteiger partial charge in [0, 0.05) is 12.0 Å². The van der Waals surface area contributed by atoms with E-state index in [9.17, 15) is 14.3 Å². The van der Waals surface area contributed by atoms with E-state index in [2.05, 4.69) is 13.8 Å². The van der Waals surface area contributed by atoms with Gasteiger partial charge in [0.15, 0.2) is 0 Å². The zero-order valence-corrected chi connectivity index (χ0v) is 12.8. The SMILES string of the molecule is COc1ccc(C2CC(C(C)C)CCC2C(=O)O)c(F)c1. The molecule has 116 valence electrons. The zero-order valence-electron chi connectivity index (χ0n) is 12.8. The normalized spacial score (nSPS) is 25.9. The molecule has 0 saturated heterocycles. The van der Waals surface area contributed by atoms with Crippen molar-refractivity contribution in [3.63, 3.8) is 0 Å². The molecule has 0 aromatic heterocycles. The molecule has 0 radical (unpaired) electrons. The average molecular weight is 294 g/mol. The Kier molecular flexibility index (Phi) is 4.86. The third-order valence-corrected chi connectivity index (χ3v) is 4.76. The van der Waals surface area contributed by atoms with Crippen LogP contribution in [0, 0.1) is 23.6 Å². The number of rotatable bonds is 4. The molecular formula is C17H23FO3. The first-order valence-corrected chi connectivity index (χ1v) is 7.50. The molecule has 1 aliphatic carbocycles. The first-order valence-electron chi connectivity index (χ1n) is 7.50. The van der Waals surface area contributed by atoms with E-state index >= 15 is 0 Å². The minimum atomic E-state index is -0.822. The van der Waals surface area contributed by atoms with E-state index in [0.717, 1.165) is 12.8 Å². The lowest BCUT2D eigenvalue weighted by molar-refractivity contribution is -0.144. The van der Waals surface area contributed by atoms with Gasteiger partial charge in [0.05, 0.1) is 13.0 Å². The molecule has 1 aromatic rings. The summed E-state index contributed by atoms with van der Waals surface area (Å²) in [5.41, 5.74) is 0.508. The number of ether oxygens (including phenoxy) is 1. The summed E-state index contributed by atoms with van der Waals surface area (Å²) in [5.74, 6) is -0.542. The molecule has 0 bridgehead atoms. The Morgan fingerprint density at radius 3 is 2.62 bits per heavy atom. The molecule has 3 nitrogen and oxygen atoms in total. The van der Waals surface area contributed by atoms with Gasteiger partial charge in [0.25, 0.3) is 0 Å². The molecule has 1 aromatic carbocycles. The Bertz CT molecular complexity index is 513. The highest BCUT2D eigenvalue weighted by atomic mass is 19.1. The fourth-order valence-corrected chi connectivity index (χ4v) is 3.38. The Morgan fingerprint density at radius 1 is 1.38 bits per heavy atom. The summed E-state index contributed by atoms with van der Waals surface area (Å²) < 4.78 is 19.3. The third kappa shape index (κ3) is 3.36. The first-order chi connectivity index (χ1) is 9.93. The number of halogens is 1. The van der Waals surface area contributed by atoms with Crippen LogP contribution >= 0.6 is 0 Å². The van der Waals surface area contributed by atoms with Gasteiger partial charge in [-0.2, -0.15) is 0 Å². The van der Waals surface area contributed by atoms with Crippen LogP contribution in [0.1, 0.15) is 44.6 Å². The maximum Gasteiger partial charge on any atom is 0.307 e. The number of hydrogen-bond acceptors (Lipinski definition) is 2. The number of carboxylic acids is 1. The molecule has 0 heterocycles. The van der Waals surface area contributed by atoms with E-state index in [-0.39, 0.29) is 11.7 Å². The lowest BCUT2D eigenvalue weighted by Gasteiger charge is -2.36. The maximum absolute atomic E-state index is 14.3. The van der Waals surface area contributed by atoms with Gasteiger partial charge in [-0.15, -0.1) is 0 Å². The van der Waals surface area contributed by atoms with Crippen molar-refractivity contribution >= 4 is 5.97 Å². The van der Waals surface area contributed by atoms with Gasteiger partial charge in [0.2, 0.25) is 0 Å². The van der Waals surface area contributed by atoms with Crippen LogP contribution in [-0.4, -0.2) is 18.2 Å². The minimum absolute atomic E-state index is 0.255. The van der Waals surface area contributed by atoms with Crippen LogP contribution in [0.25, 0.3) is 0 Å². The van der Waals surface area contributed by atoms with Gasteiger partial charge in [-0.05, 0) is 42.7 Å². The number of aliphatic carboxylic acids is 1. The quantitative estimate of drug-likeness (QED) is 0.910. The summed E-state index contributed by atoms with van der Waals surface area (Å²) in [6, 6.07) is 4.72. The van der Waals surface area contributed by atoms with Crippen molar-refractivity contribution in [1.29, 1.82) is 0 Å². The summed E-state index contributed by atoms with van der Waals surface area (Å²) in [4.78, 5) is 11.5. The van der Waals surface area contributed by atoms with E-state index in [1.807, 2.05) is 0 Å². The van der Waals surface area contributed by atoms with E-state index in [0.29, 0.717) is 29.6 Å². The maximum atomic E-state index is 14.3. The molecule has 3 atom stereocenters. The fraction of sp³-hybridized carbons (Fsp3) is 0.588. The Balaban J connectivity index is 2.33. The van der Waals surface area contributed by atoms with Crippen LogP contribution in [0.3, 0.4) is 0 Å². The highest BCUT2D eigenvalue weighted by molar-refractivity contribution is 5.71.